The molecule has 34 heavy (non-hydrogen) atoms. The molecule has 1 nitrogen and oxygen atoms in total. The van der Waals surface area contributed by atoms with Crippen LogP contribution in [-0.2, 0) is 12.8 Å². The molecule has 0 N–H and O–H groups in total. The molecule has 5 rings (SSSR count). The number of nitrogens with zero attached hydrogens (tertiary/aromatic N) is 1. The highest BCUT2D eigenvalue weighted by molar-refractivity contribution is 5.80. The van der Waals surface area contributed by atoms with E-state index >= 15 is 0 Å². The molecule has 1 aliphatic carbocycles. The lowest BCUT2D eigenvalue weighted by atomic mass is 9.90. The fourth-order valence-electron chi connectivity index (χ4n) is 4.72. The van der Waals surface area contributed by atoms with Crippen LogP contribution in [-0.4, -0.2) is 0 Å². The third-order valence-electron chi connectivity index (χ3n) is 6.54. The van der Waals surface area contributed by atoms with Crippen molar-refractivity contribution in [1.82, 2.24) is 0 Å². The van der Waals surface area contributed by atoms with Gasteiger partial charge in [0.2, 0.25) is 0 Å². The standard InChI is InChI=1S/C33H31N/c1-26-18-22-30(23-19-26)34(33-17-9-15-29-14-7-8-16-32(29)33)31-24-20-28(21-25-31)13-6-5-12-27-10-3-2-4-11-27/h2-6,9-13,15,17-25H,7-8,14,16H2,1H3/b12-5-,13-6+. The molecule has 1 heteroatoms. The average molecular weight is 442 g/mol. The molecule has 0 aromatic heterocycles. The van der Waals surface area contributed by atoms with Crippen molar-refractivity contribution >= 4 is 29.2 Å². The summed E-state index contributed by atoms with van der Waals surface area (Å²) in [6.45, 7) is 2.14. The molecule has 0 aliphatic heterocycles. The van der Waals surface area contributed by atoms with Gasteiger partial charge < -0.3 is 4.90 Å². The predicted octanol–water partition coefficient (Wildman–Crippen LogP) is 9.07. The lowest BCUT2D eigenvalue weighted by Crippen LogP contribution is -2.15. The summed E-state index contributed by atoms with van der Waals surface area (Å²) in [5.74, 6) is 0. The molecule has 4 aromatic rings. The number of aryl methyl sites for hydroxylation is 2. The number of benzene rings is 4. The van der Waals surface area contributed by atoms with Gasteiger partial charge in [-0.25, -0.2) is 0 Å². The number of fused-ring (bicyclic) bond motifs is 1. The minimum absolute atomic E-state index is 1.16. The van der Waals surface area contributed by atoms with Crippen molar-refractivity contribution in [3.63, 3.8) is 0 Å². The Hall–Kier alpha value is -3.84. The highest BCUT2D eigenvalue weighted by Crippen LogP contribution is 2.40. The summed E-state index contributed by atoms with van der Waals surface area (Å²) in [7, 11) is 0. The third kappa shape index (κ3) is 5.05. The van der Waals surface area contributed by atoms with Crippen molar-refractivity contribution < 1.29 is 0 Å². The molecule has 0 fully saturated rings. The summed E-state index contributed by atoms with van der Waals surface area (Å²) < 4.78 is 0. The first-order chi connectivity index (χ1) is 16.8. The molecule has 0 atom stereocenters. The van der Waals surface area contributed by atoms with E-state index in [9.17, 15) is 0 Å². The van der Waals surface area contributed by atoms with Crippen LogP contribution in [0.5, 0.6) is 0 Å². The number of rotatable bonds is 6. The fraction of sp³-hybridized carbons (Fsp3) is 0.152. The van der Waals surface area contributed by atoms with Gasteiger partial charge in [0, 0.05) is 17.1 Å². The molecule has 0 spiro atoms. The van der Waals surface area contributed by atoms with Gasteiger partial charge in [-0.15, -0.1) is 0 Å². The molecule has 0 saturated carbocycles. The van der Waals surface area contributed by atoms with Crippen LogP contribution >= 0.6 is 0 Å². The number of hydrogen-bond acceptors (Lipinski definition) is 1. The lowest BCUT2D eigenvalue weighted by molar-refractivity contribution is 0.686. The second kappa shape index (κ2) is 10.4. The van der Waals surface area contributed by atoms with Crippen molar-refractivity contribution in [2.45, 2.75) is 32.6 Å². The van der Waals surface area contributed by atoms with Gasteiger partial charge in [-0.2, -0.15) is 0 Å². The first kappa shape index (κ1) is 22.0. The molecule has 4 aromatic carbocycles. The first-order valence-electron chi connectivity index (χ1n) is 12.3. The van der Waals surface area contributed by atoms with Gasteiger partial charge in [0.05, 0.1) is 0 Å². The molecule has 0 unspecified atom stereocenters. The molecule has 0 heterocycles. The van der Waals surface area contributed by atoms with E-state index < -0.39 is 0 Å². The van der Waals surface area contributed by atoms with Crippen LogP contribution in [0.1, 0.15) is 40.7 Å². The van der Waals surface area contributed by atoms with Crippen molar-refractivity contribution in [1.29, 1.82) is 0 Å². The number of hydrogen-bond donors (Lipinski definition) is 0. The predicted molar refractivity (Wildman–Crippen MR) is 147 cm³/mol. The summed E-state index contributed by atoms with van der Waals surface area (Å²) in [4.78, 5) is 2.42. The molecule has 168 valence electrons. The number of anilines is 3. The summed E-state index contributed by atoms with van der Waals surface area (Å²) in [6.07, 6.45) is 13.4. The van der Waals surface area contributed by atoms with Gasteiger partial charge in [0.1, 0.15) is 0 Å². The highest BCUT2D eigenvalue weighted by Gasteiger charge is 2.19. The van der Waals surface area contributed by atoms with Gasteiger partial charge in [-0.1, -0.05) is 96.6 Å². The van der Waals surface area contributed by atoms with E-state index in [4.69, 9.17) is 0 Å². The number of allylic oxidation sites excluding steroid dienone is 2. The van der Waals surface area contributed by atoms with E-state index in [0.29, 0.717) is 0 Å². The zero-order valence-corrected chi connectivity index (χ0v) is 19.8. The van der Waals surface area contributed by atoms with Gasteiger partial charge in [-0.3, -0.25) is 0 Å². The van der Waals surface area contributed by atoms with Gasteiger partial charge in [0.15, 0.2) is 0 Å². The van der Waals surface area contributed by atoms with Gasteiger partial charge in [0.25, 0.3) is 0 Å². The van der Waals surface area contributed by atoms with Crippen LogP contribution in [0, 0.1) is 6.92 Å². The van der Waals surface area contributed by atoms with E-state index in [1.54, 1.807) is 0 Å². The normalized spacial score (nSPS) is 13.3. The maximum atomic E-state index is 2.42. The van der Waals surface area contributed by atoms with Gasteiger partial charge in [-0.05, 0) is 85.2 Å². The van der Waals surface area contributed by atoms with E-state index in [1.807, 2.05) is 6.07 Å². The Bertz CT molecular complexity index is 1280. The molecule has 1 aliphatic rings. The molecule has 0 radical (unpaired) electrons. The molecule has 0 saturated heterocycles. The van der Waals surface area contributed by atoms with Crippen LogP contribution in [0.2, 0.25) is 0 Å². The molecule has 0 amide bonds. The van der Waals surface area contributed by atoms with E-state index in [1.165, 1.54) is 64.1 Å². The Kier molecular flexibility index (Phi) is 6.72. The summed E-state index contributed by atoms with van der Waals surface area (Å²) >= 11 is 0. The zero-order valence-electron chi connectivity index (χ0n) is 19.8. The Labute approximate surface area is 203 Å². The maximum Gasteiger partial charge on any atom is 0.0496 e. The first-order valence-corrected chi connectivity index (χ1v) is 12.3. The van der Waals surface area contributed by atoms with Crippen LogP contribution in [0.15, 0.2) is 109 Å². The summed E-state index contributed by atoms with van der Waals surface area (Å²) in [5, 5.41) is 0. The van der Waals surface area contributed by atoms with Crippen molar-refractivity contribution in [3.05, 3.63) is 137 Å². The molecule has 0 bridgehead atoms. The minimum Gasteiger partial charge on any atom is -0.310 e. The Morgan fingerprint density at radius 3 is 1.91 bits per heavy atom. The van der Waals surface area contributed by atoms with E-state index in [-0.39, 0.29) is 0 Å². The topological polar surface area (TPSA) is 3.24 Å². The average Bonchev–Trinajstić information content (AvgIpc) is 2.89. The van der Waals surface area contributed by atoms with Crippen LogP contribution in [0.4, 0.5) is 17.1 Å². The SMILES string of the molecule is Cc1ccc(N(c2ccc(/C=C/C=C\c3ccccc3)cc2)c2cccc3c2CCCC3)cc1. The second-order valence-corrected chi connectivity index (χ2v) is 9.01. The van der Waals surface area contributed by atoms with E-state index in [0.717, 1.165) is 6.42 Å². The second-order valence-electron chi connectivity index (χ2n) is 9.01. The van der Waals surface area contributed by atoms with Crippen LogP contribution in [0.3, 0.4) is 0 Å². The highest BCUT2D eigenvalue weighted by atomic mass is 15.1. The van der Waals surface area contributed by atoms with Gasteiger partial charge >= 0.3 is 0 Å². The van der Waals surface area contributed by atoms with Crippen LogP contribution < -0.4 is 4.90 Å². The lowest BCUT2D eigenvalue weighted by Gasteiger charge is -2.30. The molecular formula is C33H31N. The van der Waals surface area contributed by atoms with Crippen LogP contribution in [0.25, 0.3) is 12.2 Å². The summed E-state index contributed by atoms with van der Waals surface area (Å²) in [5.41, 5.74) is 10.4. The fourth-order valence-corrected chi connectivity index (χ4v) is 4.72. The monoisotopic (exact) mass is 441 g/mol. The van der Waals surface area contributed by atoms with E-state index in [2.05, 4.69) is 127 Å². The Balaban J connectivity index is 1.45. The Morgan fingerprint density at radius 1 is 0.588 bits per heavy atom. The Morgan fingerprint density at radius 2 is 1.21 bits per heavy atom. The van der Waals surface area contributed by atoms with Crippen molar-refractivity contribution in [3.8, 4) is 0 Å². The smallest absolute Gasteiger partial charge is 0.0496 e. The maximum absolute atomic E-state index is 2.42. The molecular weight excluding hydrogens is 410 g/mol. The summed E-state index contributed by atoms with van der Waals surface area (Å²) in [6, 6.07) is 35.0. The zero-order chi connectivity index (χ0) is 23.2. The van der Waals surface area contributed by atoms with Crippen molar-refractivity contribution in [2.24, 2.45) is 0 Å². The largest absolute Gasteiger partial charge is 0.310 e. The third-order valence-corrected chi connectivity index (χ3v) is 6.54. The quantitative estimate of drug-likeness (QED) is 0.270. The van der Waals surface area contributed by atoms with Crippen molar-refractivity contribution in [2.75, 3.05) is 4.90 Å². The minimum atomic E-state index is 1.16.